The van der Waals surface area contributed by atoms with E-state index in [2.05, 4.69) is 11.9 Å². The first-order valence-electron chi connectivity index (χ1n) is 6.90. The molecule has 2 aromatic rings. The van der Waals surface area contributed by atoms with Crippen molar-refractivity contribution in [2.24, 2.45) is 0 Å². The van der Waals surface area contributed by atoms with Gasteiger partial charge in [0.05, 0.1) is 0 Å². The molecule has 0 spiro atoms. The Kier molecular flexibility index (Phi) is 3.45. The number of nitrogens with zero attached hydrogens (tertiary/aromatic N) is 1. The van der Waals surface area contributed by atoms with Crippen molar-refractivity contribution in [3.05, 3.63) is 65.0 Å². The number of fused-ring (bicyclic) bond motifs is 1. The number of aromatic hydroxyl groups is 1. The van der Waals surface area contributed by atoms with Crippen molar-refractivity contribution in [1.29, 1.82) is 0 Å². The first-order valence-corrected chi connectivity index (χ1v) is 6.90. The highest BCUT2D eigenvalue weighted by Gasteiger charge is 2.24. The maximum absolute atomic E-state index is 14.1. The third-order valence-corrected chi connectivity index (χ3v) is 4.02. The number of hydrogen-bond acceptors (Lipinski definition) is 2. The summed E-state index contributed by atoms with van der Waals surface area (Å²) < 4.78 is 14.1. The van der Waals surface area contributed by atoms with Gasteiger partial charge in [0.25, 0.3) is 0 Å². The molecule has 0 saturated carbocycles. The number of halogens is 1. The molecule has 1 N–H and O–H groups in total. The molecule has 0 unspecified atom stereocenters. The smallest absolute Gasteiger partial charge is 0.127 e. The molecule has 104 valence electrons. The molecule has 0 amide bonds. The normalized spacial score (nSPS) is 19.4. The van der Waals surface area contributed by atoms with Crippen LogP contribution in [0.3, 0.4) is 0 Å². The van der Waals surface area contributed by atoms with Gasteiger partial charge in [-0.2, -0.15) is 0 Å². The van der Waals surface area contributed by atoms with Gasteiger partial charge in [-0.3, -0.25) is 0 Å². The molecule has 3 heteroatoms. The molecule has 1 aliphatic heterocycles. The van der Waals surface area contributed by atoms with Crippen molar-refractivity contribution < 1.29 is 9.50 Å². The quantitative estimate of drug-likeness (QED) is 0.858. The lowest BCUT2D eigenvalue weighted by molar-refractivity contribution is 0.327. The minimum atomic E-state index is -0.152. The van der Waals surface area contributed by atoms with Gasteiger partial charge in [-0.15, -0.1) is 0 Å². The maximum atomic E-state index is 14.1. The lowest BCUT2D eigenvalue weighted by Crippen LogP contribution is -2.17. The molecule has 0 radical (unpaired) electrons. The summed E-state index contributed by atoms with van der Waals surface area (Å²) in [5.41, 5.74) is 2.95. The highest BCUT2D eigenvalue weighted by atomic mass is 19.1. The van der Waals surface area contributed by atoms with Crippen molar-refractivity contribution in [1.82, 2.24) is 4.90 Å². The summed E-state index contributed by atoms with van der Waals surface area (Å²) in [6.45, 7) is 1.70. The number of phenols is 1. The summed E-state index contributed by atoms with van der Waals surface area (Å²) >= 11 is 0. The zero-order valence-electron chi connectivity index (χ0n) is 11.5. The summed E-state index contributed by atoms with van der Waals surface area (Å²) in [4.78, 5) is 2.21. The Morgan fingerprint density at radius 1 is 1.15 bits per heavy atom. The molecule has 20 heavy (non-hydrogen) atoms. The first-order chi connectivity index (χ1) is 9.65. The average molecular weight is 271 g/mol. The van der Waals surface area contributed by atoms with E-state index in [-0.39, 0.29) is 17.5 Å². The van der Waals surface area contributed by atoms with Gasteiger partial charge in [-0.25, -0.2) is 4.39 Å². The zero-order chi connectivity index (χ0) is 14.1. The van der Waals surface area contributed by atoms with Crippen LogP contribution in [0.4, 0.5) is 4.39 Å². The van der Waals surface area contributed by atoms with Crippen molar-refractivity contribution in [3.8, 4) is 5.75 Å². The molecule has 3 rings (SSSR count). The van der Waals surface area contributed by atoms with Crippen molar-refractivity contribution in [2.75, 3.05) is 13.6 Å². The predicted octanol–water partition coefficient (Wildman–Crippen LogP) is 3.50. The molecule has 1 heterocycles. The van der Waals surface area contributed by atoms with E-state index in [1.807, 2.05) is 18.2 Å². The van der Waals surface area contributed by atoms with E-state index in [1.54, 1.807) is 18.2 Å². The Morgan fingerprint density at radius 2 is 1.95 bits per heavy atom. The number of hydrogen-bond donors (Lipinski definition) is 1. The zero-order valence-corrected chi connectivity index (χ0v) is 11.5. The van der Waals surface area contributed by atoms with E-state index in [0.717, 1.165) is 36.2 Å². The molecule has 1 atom stereocenters. The van der Waals surface area contributed by atoms with Crippen LogP contribution in [0.1, 0.15) is 29.0 Å². The van der Waals surface area contributed by atoms with E-state index < -0.39 is 0 Å². The SMILES string of the molecule is CN1CC[C@@H](c2ccccc2F)c2ccc(O)cc2C1. The molecule has 0 saturated heterocycles. The van der Waals surface area contributed by atoms with Crippen LogP contribution in [-0.4, -0.2) is 23.6 Å². The van der Waals surface area contributed by atoms with Crippen LogP contribution >= 0.6 is 0 Å². The largest absolute Gasteiger partial charge is 0.508 e. The third kappa shape index (κ3) is 2.41. The number of benzene rings is 2. The topological polar surface area (TPSA) is 23.5 Å². The standard InChI is InChI=1S/C17H18FNO/c1-19-9-8-15(16-4-2-3-5-17(16)18)14-7-6-13(20)10-12(14)11-19/h2-7,10,15,20H,8-9,11H2,1H3/t15-/m1/s1. The summed E-state index contributed by atoms with van der Waals surface area (Å²) in [6.07, 6.45) is 0.884. The first kappa shape index (κ1) is 13.1. The minimum Gasteiger partial charge on any atom is -0.508 e. The number of phenolic OH excluding ortho intramolecular Hbond substituents is 1. The Labute approximate surface area is 118 Å². The predicted molar refractivity (Wildman–Crippen MR) is 77.3 cm³/mol. The fourth-order valence-corrected chi connectivity index (χ4v) is 3.02. The van der Waals surface area contributed by atoms with Crippen LogP contribution in [0.5, 0.6) is 5.75 Å². The lowest BCUT2D eigenvalue weighted by Gasteiger charge is -2.18. The van der Waals surface area contributed by atoms with E-state index in [0.29, 0.717) is 0 Å². The second-order valence-corrected chi connectivity index (χ2v) is 5.48. The van der Waals surface area contributed by atoms with Crippen LogP contribution in [0.25, 0.3) is 0 Å². The van der Waals surface area contributed by atoms with Crippen LogP contribution < -0.4 is 0 Å². The van der Waals surface area contributed by atoms with Crippen molar-refractivity contribution in [3.63, 3.8) is 0 Å². The molecular weight excluding hydrogens is 253 g/mol. The van der Waals surface area contributed by atoms with E-state index in [9.17, 15) is 9.50 Å². The molecule has 2 nitrogen and oxygen atoms in total. The van der Waals surface area contributed by atoms with Gasteiger partial charge in [0.15, 0.2) is 0 Å². The summed E-state index contributed by atoms with van der Waals surface area (Å²) in [6, 6.07) is 12.4. The summed E-state index contributed by atoms with van der Waals surface area (Å²) in [7, 11) is 2.05. The number of rotatable bonds is 1. The van der Waals surface area contributed by atoms with E-state index in [4.69, 9.17) is 0 Å². The maximum Gasteiger partial charge on any atom is 0.127 e. The van der Waals surface area contributed by atoms with Crippen LogP contribution in [-0.2, 0) is 6.54 Å². The molecule has 0 bridgehead atoms. The molecule has 0 aromatic heterocycles. The Hall–Kier alpha value is -1.87. The second kappa shape index (κ2) is 5.25. The average Bonchev–Trinajstić information content (AvgIpc) is 2.57. The lowest BCUT2D eigenvalue weighted by atomic mass is 9.86. The van der Waals surface area contributed by atoms with Crippen LogP contribution in [0, 0.1) is 5.82 Å². The van der Waals surface area contributed by atoms with Crippen LogP contribution in [0.2, 0.25) is 0 Å². The van der Waals surface area contributed by atoms with E-state index >= 15 is 0 Å². The summed E-state index contributed by atoms with van der Waals surface area (Å²) in [5.74, 6) is 0.171. The van der Waals surface area contributed by atoms with Crippen molar-refractivity contribution >= 4 is 0 Å². The van der Waals surface area contributed by atoms with Gasteiger partial charge in [0, 0.05) is 12.5 Å². The van der Waals surface area contributed by atoms with Gasteiger partial charge in [-0.1, -0.05) is 24.3 Å². The van der Waals surface area contributed by atoms with Crippen LogP contribution in [0.15, 0.2) is 42.5 Å². The highest BCUT2D eigenvalue weighted by Crippen LogP contribution is 2.36. The Balaban J connectivity index is 2.11. The van der Waals surface area contributed by atoms with Gasteiger partial charge in [0.1, 0.15) is 11.6 Å². The summed E-state index contributed by atoms with van der Waals surface area (Å²) in [5, 5.41) is 9.69. The fraction of sp³-hybridized carbons (Fsp3) is 0.294. The molecule has 1 aliphatic rings. The minimum absolute atomic E-state index is 0.0525. The van der Waals surface area contributed by atoms with E-state index in [1.165, 1.54) is 6.07 Å². The van der Waals surface area contributed by atoms with Gasteiger partial charge >= 0.3 is 0 Å². The van der Waals surface area contributed by atoms with Gasteiger partial charge < -0.3 is 10.0 Å². The molecule has 0 aliphatic carbocycles. The monoisotopic (exact) mass is 271 g/mol. The highest BCUT2D eigenvalue weighted by molar-refractivity contribution is 5.43. The fourth-order valence-electron chi connectivity index (χ4n) is 3.02. The van der Waals surface area contributed by atoms with Gasteiger partial charge in [0.2, 0.25) is 0 Å². The van der Waals surface area contributed by atoms with Gasteiger partial charge in [-0.05, 0) is 54.9 Å². The molecule has 2 aromatic carbocycles. The molecular formula is C17H18FNO. The van der Waals surface area contributed by atoms with Crippen molar-refractivity contribution in [2.45, 2.75) is 18.9 Å². The third-order valence-electron chi connectivity index (χ3n) is 4.02. The second-order valence-electron chi connectivity index (χ2n) is 5.48. The Morgan fingerprint density at radius 3 is 2.75 bits per heavy atom. The molecule has 0 fully saturated rings. The Bertz CT molecular complexity index is 626.